The van der Waals surface area contributed by atoms with Crippen LogP contribution in [0.25, 0.3) is 5.78 Å². The Bertz CT molecular complexity index is 1030. The zero-order chi connectivity index (χ0) is 21.0. The monoisotopic (exact) mass is 414 g/mol. The van der Waals surface area contributed by atoms with Gasteiger partial charge in [0.2, 0.25) is 11.8 Å². The van der Waals surface area contributed by atoms with Gasteiger partial charge in [-0.2, -0.15) is 4.98 Å². The van der Waals surface area contributed by atoms with Crippen LogP contribution in [0.1, 0.15) is 29.7 Å². The van der Waals surface area contributed by atoms with Crippen LogP contribution in [0.2, 0.25) is 5.02 Å². The Morgan fingerprint density at radius 3 is 2.59 bits per heavy atom. The van der Waals surface area contributed by atoms with E-state index in [1.165, 1.54) is 4.90 Å². The zero-order valence-corrected chi connectivity index (χ0v) is 17.4. The highest BCUT2D eigenvalue weighted by molar-refractivity contribution is 6.30. The molecule has 152 valence electrons. The average molecular weight is 415 g/mol. The molecule has 1 N–H and O–H groups in total. The van der Waals surface area contributed by atoms with Gasteiger partial charge in [-0.3, -0.25) is 9.59 Å². The smallest absolute Gasteiger partial charge is 0.252 e. The number of rotatable bonds is 7. The van der Waals surface area contributed by atoms with Crippen molar-refractivity contribution in [3.8, 4) is 0 Å². The van der Waals surface area contributed by atoms with Gasteiger partial charge in [0.25, 0.3) is 5.78 Å². The normalized spacial score (nSPS) is 10.9. The average Bonchev–Trinajstić information content (AvgIpc) is 3.08. The van der Waals surface area contributed by atoms with Gasteiger partial charge in [-0.25, -0.2) is 9.50 Å². The summed E-state index contributed by atoms with van der Waals surface area (Å²) in [4.78, 5) is 35.0. The van der Waals surface area contributed by atoms with Crippen LogP contribution >= 0.6 is 11.6 Å². The fourth-order valence-corrected chi connectivity index (χ4v) is 3.06. The molecular weight excluding hydrogens is 392 g/mol. The van der Waals surface area contributed by atoms with E-state index in [2.05, 4.69) is 20.4 Å². The maximum atomic E-state index is 12.6. The van der Waals surface area contributed by atoms with Crippen LogP contribution < -0.4 is 5.32 Å². The van der Waals surface area contributed by atoms with Crippen molar-refractivity contribution in [3.63, 3.8) is 0 Å². The number of aromatic nitrogens is 4. The quantitative estimate of drug-likeness (QED) is 0.639. The van der Waals surface area contributed by atoms with Crippen molar-refractivity contribution in [2.75, 3.05) is 13.1 Å². The van der Waals surface area contributed by atoms with Crippen molar-refractivity contribution in [2.45, 2.75) is 33.7 Å². The summed E-state index contributed by atoms with van der Waals surface area (Å²) in [7, 11) is 0. The molecule has 0 atom stereocenters. The van der Waals surface area contributed by atoms with Gasteiger partial charge < -0.3 is 10.2 Å². The molecule has 0 saturated heterocycles. The number of halogens is 1. The summed E-state index contributed by atoms with van der Waals surface area (Å²) in [5.74, 6) is 0.413. The second-order valence-corrected chi connectivity index (χ2v) is 7.20. The number of nitrogens with zero attached hydrogens (tertiary/aromatic N) is 5. The standard InChI is InChI=1S/C20H23ClN6O2/c1-4-26(12-18(28)22-11-15-5-7-16(21)8-6-15)19(29)10-17-24-20-23-13(2)9-14(3)27(20)25-17/h5-9H,4,10-12H2,1-3H3,(H,22,28). The van der Waals surface area contributed by atoms with Crippen LogP contribution in [0.15, 0.2) is 30.3 Å². The lowest BCUT2D eigenvalue weighted by atomic mass is 10.2. The Hall–Kier alpha value is -3.00. The van der Waals surface area contributed by atoms with Crippen molar-refractivity contribution in [3.05, 3.63) is 58.1 Å². The van der Waals surface area contributed by atoms with Crippen molar-refractivity contribution >= 4 is 29.2 Å². The maximum absolute atomic E-state index is 12.6. The molecule has 0 spiro atoms. The van der Waals surface area contributed by atoms with E-state index in [4.69, 9.17) is 11.6 Å². The van der Waals surface area contributed by atoms with Gasteiger partial charge in [-0.15, -0.1) is 5.10 Å². The third-order valence-corrected chi connectivity index (χ3v) is 4.70. The summed E-state index contributed by atoms with van der Waals surface area (Å²) in [5, 5.41) is 7.81. The number of nitrogens with one attached hydrogen (secondary N) is 1. The maximum Gasteiger partial charge on any atom is 0.252 e. The van der Waals surface area contributed by atoms with E-state index in [9.17, 15) is 9.59 Å². The Labute approximate surface area is 173 Å². The number of carbonyl (C=O) groups excluding carboxylic acids is 2. The molecule has 2 aromatic heterocycles. The second kappa shape index (κ2) is 9.00. The molecule has 0 radical (unpaired) electrons. The fraction of sp³-hybridized carbons (Fsp3) is 0.350. The molecule has 9 heteroatoms. The molecule has 29 heavy (non-hydrogen) atoms. The van der Waals surface area contributed by atoms with Crippen LogP contribution in [0.3, 0.4) is 0 Å². The first kappa shape index (κ1) is 20.7. The summed E-state index contributed by atoms with van der Waals surface area (Å²) in [6.45, 7) is 6.39. The largest absolute Gasteiger partial charge is 0.350 e. The van der Waals surface area contributed by atoms with Gasteiger partial charge in [0.05, 0.1) is 13.0 Å². The van der Waals surface area contributed by atoms with Crippen LogP contribution in [0.5, 0.6) is 0 Å². The molecule has 1 aromatic carbocycles. The van der Waals surface area contributed by atoms with Crippen LogP contribution in [0, 0.1) is 13.8 Å². The molecule has 0 saturated carbocycles. The van der Waals surface area contributed by atoms with Crippen LogP contribution in [-0.2, 0) is 22.6 Å². The van der Waals surface area contributed by atoms with E-state index in [-0.39, 0.29) is 24.8 Å². The lowest BCUT2D eigenvalue weighted by Gasteiger charge is -2.19. The molecule has 0 unspecified atom stereocenters. The summed E-state index contributed by atoms with van der Waals surface area (Å²) >= 11 is 5.86. The van der Waals surface area contributed by atoms with Crippen molar-refractivity contribution < 1.29 is 9.59 Å². The first-order valence-electron chi connectivity index (χ1n) is 9.34. The van der Waals surface area contributed by atoms with Crippen molar-refractivity contribution in [1.82, 2.24) is 29.8 Å². The number of fused-ring (bicyclic) bond motifs is 1. The van der Waals surface area contributed by atoms with E-state index in [1.54, 1.807) is 16.6 Å². The minimum Gasteiger partial charge on any atom is -0.350 e. The molecule has 0 fully saturated rings. The minimum atomic E-state index is -0.230. The van der Waals surface area contributed by atoms with Crippen LogP contribution in [-0.4, -0.2) is 49.4 Å². The molecule has 0 aliphatic rings. The molecular formula is C20H23ClN6O2. The molecule has 2 heterocycles. The lowest BCUT2D eigenvalue weighted by Crippen LogP contribution is -2.41. The summed E-state index contributed by atoms with van der Waals surface area (Å²) in [5.41, 5.74) is 2.67. The first-order valence-corrected chi connectivity index (χ1v) is 9.72. The second-order valence-electron chi connectivity index (χ2n) is 6.77. The molecule has 3 rings (SSSR count). The van der Waals surface area contributed by atoms with Crippen LogP contribution in [0.4, 0.5) is 0 Å². The first-order chi connectivity index (χ1) is 13.9. The fourth-order valence-electron chi connectivity index (χ4n) is 2.94. The van der Waals surface area contributed by atoms with Gasteiger partial charge in [0, 0.05) is 29.5 Å². The van der Waals surface area contributed by atoms with Crippen molar-refractivity contribution in [1.29, 1.82) is 0 Å². The molecule has 3 aromatic rings. The minimum absolute atomic E-state index is 0.0140. The predicted octanol–water partition coefficient (Wildman–Crippen LogP) is 2.10. The SMILES string of the molecule is CCN(CC(=O)NCc1ccc(Cl)cc1)C(=O)Cc1nc2nc(C)cc(C)n2n1. The topological polar surface area (TPSA) is 92.5 Å². The lowest BCUT2D eigenvalue weighted by molar-refractivity contribution is -0.135. The molecule has 8 nitrogen and oxygen atoms in total. The number of amides is 2. The van der Waals surface area contributed by atoms with E-state index >= 15 is 0 Å². The van der Waals surface area contributed by atoms with E-state index in [0.29, 0.717) is 29.7 Å². The highest BCUT2D eigenvalue weighted by atomic mass is 35.5. The Morgan fingerprint density at radius 1 is 1.17 bits per heavy atom. The third kappa shape index (κ3) is 5.29. The highest BCUT2D eigenvalue weighted by Crippen LogP contribution is 2.09. The van der Waals surface area contributed by atoms with Gasteiger partial charge in [0.1, 0.15) is 0 Å². The number of hydrogen-bond donors (Lipinski definition) is 1. The third-order valence-electron chi connectivity index (χ3n) is 4.44. The highest BCUT2D eigenvalue weighted by Gasteiger charge is 2.19. The number of likely N-dealkylation sites (N-methyl/N-ethyl adjacent to an activating group) is 1. The molecule has 0 aliphatic carbocycles. The van der Waals surface area contributed by atoms with E-state index in [1.807, 2.05) is 39.0 Å². The number of benzene rings is 1. The van der Waals surface area contributed by atoms with E-state index < -0.39 is 0 Å². The Kier molecular flexibility index (Phi) is 6.43. The number of carbonyl (C=O) groups is 2. The van der Waals surface area contributed by atoms with Gasteiger partial charge in [0.15, 0.2) is 5.82 Å². The Balaban J connectivity index is 1.59. The number of hydrogen-bond acceptors (Lipinski definition) is 5. The molecule has 0 bridgehead atoms. The van der Waals surface area contributed by atoms with Crippen molar-refractivity contribution in [2.24, 2.45) is 0 Å². The van der Waals surface area contributed by atoms with E-state index in [0.717, 1.165) is 17.0 Å². The Morgan fingerprint density at radius 2 is 1.90 bits per heavy atom. The summed E-state index contributed by atoms with van der Waals surface area (Å²) in [6.07, 6.45) is 0.0140. The zero-order valence-electron chi connectivity index (χ0n) is 16.6. The van der Waals surface area contributed by atoms with Gasteiger partial charge in [-0.1, -0.05) is 23.7 Å². The van der Waals surface area contributed by atoms with Gasteiger partial charge in [-0.05, 0) is 44.5 Å². The van der Waals surface area contributed by atoms with Gasteiger partial charge >= 0.3 is 0 Å². The summed E-state index contributed by atoms with van der Waals surface area (Å²) < 4.78 is 1.62. The number of aryl methyl sites for hydroxylation is 2. The predicted molar refractivity (Wildman–Crippen MR) is 110 cm³/mol. The molecule has 2 amide bonds. The summed E-state index contributed by atoms with van der Waals surface area (Å²) in [6, 6.07) is 9.13. The molecule has 0 aliphatic heterocycles.